The molecule has 3 aromatic rings. The van der Waals surface area contributed by atoms with Gasteiger partial charge in [0.2, 0.25) is 10.0 Å². The lowest BCUT2D eigenvalue weighted by molar-refractivity contribution is 0.103. The minimum Gasteiger partial charge on any atom is -0.321 e. The molecule has 5 nitrogen and oxygen atoms in total. The van der Waals surface area contributed by atoms with E-state index in [0.29, 0.717) is 23.7 Å². The number of carbonyl (C=O) groups excluding carboxylic acids is 1. The molecule has 4 rings (SSSR count). The molecular weight excluding hydrogens is 404 g/mol. The standard InChI is InChI=1S/C22H22N2O3S2/c1-16-4-6-17(7-5-16)20-12-15-28-21(20)22(25)23-18-8-10-19(11-9-18)29(26,27)24-13-2-3-14-24/h4-12,15H,2-3,13-14H2,1H3,(H,23,25). The highest BCUT2D eigenvalue weighted by molar-refractivity contribution is 7.89. The van der Waals surface area contributed by atoms with Crippen molar-refractivity contribution < 1.29 is 13.2 Å². The molecule has 1 N–H and O–H groups in total. The number of hydrogen-bond acceptors (Lipinski definition) is 4. The monoisotopic (exact) mass is 426 g/mol. The van der Waals surface area contributed by atoms with Crippen molar-refractivity contribution in [1.82, 2.24) is 4.31 Å². The van der Waals surface area contributed by atoms with Gasteiger partial charge in [0.25, 0.3) is 5.91 Å². The molecule has 29 heavy (non-hydrogen) atoms. The summed E-state index contributed by atoms with van der Waals surface area (Å²) in [5.41, 5.74) is 3.62. The molecule has 1 saturated heterocycles. The number of nitrogens with zero attached hydrogens (tertiary/aromatic N) is 1. The number of carbonyl (C=O) groups is 1. The normalized spacial score (nSPS) is 14.8. The highest BCUT2D eigenvalue weighted by atomic mass is 32.2. The van der Waals surface area contributed by atoms with Crippen molar-refractivity contribution in [3.63, 3.8) is 0 Å². The van der Waals surface area contributed by atoms with Crippen LogP contribution >= 0.6 is 11.3 Å². The van der Waals surface area contributed by atoms with E-state index in [0.717, 1.165) is 24.0 Å². The maximum Gasteiger partial charge on any atom is 0.266 e. The first-order chi connectivity index (χ1) is 13.9. The van der Waals surface area contributed by atoms with Gasteiger partial charge in [0.1, 0.15) is 0 Å². The first-order valence-electron chi connectivity index (χ1n) is 9.51. The molecule has 2 heterocycles. The Morgan fingerprint density at radius 2 is 1.62 bits per heavy atom. The number of anilines is 1. The van der Waals surface area contributed by atoms with Crippen LogP contribution in [0, 0.1) is 6.92 Å². The quantitative estimate of drug-likeness (QED) is 0.640. The summed E-state index contributed by atoms with van der Waals surface area (Å²) in [6, 6.07) is 16.4. The maximum atomic E-state index is 12.8. The van der Waals surface area contributed by atoms with E-state index in [1.165, 1.54) is 21.2 Å². The second-order valence-corrected chi connectivity index (χ2v) is 9.97. The SMILES string of the molecule is Cc1ccc(-c2ccsc2C(=O)Nc2ccc(S(=O)(=O)N3CCCC3)cc2)cc1. The van der Waals surface area contributed by atoms with Gasteiger partial charge in [-0.3, -0.25) is 4.79 Å². The molecule has 0 radical (unpaired) electrons. The van der Waals surface area contributed by atoms with Gasteiger partial charge in [0.15, 0.2) is 0 Å². The Bertz CT molecular complexity index is 1110. The number of aryl methyl sites for hydroxylation is 1. The Morgan fingerprint density at radius 1 is 0.966 bits per heavy atom. The van der Waals surface area contributed by atoms with Gasteiger partial charge in [-0.1, -0.05) is 29.8 Å². The van der Waals surface area contributed by atoms with Crippen molar-refractivity contribution >= 4 is 33.0 Å². The van der Waals surface area contributed by atoms with E-state index in [4.69, 9.17) is 0 Å². The van der Waals surface area contributed by atoms with Gasteiger partial charge in [-0.15, -0.1) is 11.3 Å². The highest BCUT2D eigenvalue weighted by Crippen LogP contribution is 2.29. The fraction of sp³-hybridized carbons (Fsp3) is 0.227. The molecule has 0 atom stereocenters. The van der Waals surface area contributed by atoms with E-state index in [-0.39, 0.29) is 10.8 Å². The predicted octanol–water partition coefficient (Wildman–Crippen LogP) is 4.76. The van der Waals surface area contributed by atoms with E-state index < -0.39 is 10.0 Å². The van der Waals surface area contributed by atoms with Crippen molar-refractivity contribution in [2.75, 3.05) is 18.4 Å². The van der Waals surface area contributed by atoms with Crippen LogP contribution in [0.3, 0.4) is 0 Å². The molecule has 0 aliphatic carbocycles. The van der Waals surface area contributed by atoms with Crippen LogP contribution in [0.15, 0.2) is 64.9 Å². The van der Waals surface area contributed by atoms with Crippen molar-refractivity contribution in [2.45, 2.75) is 24.7 Å². The number of hydrogen-bond donors (Lipinski definition) is 1. The number of thiophene rings is 1. The molecule has 0 unspecified atom stereocenters. The summed E-state index contributed by atoms with van der Waals surface area (Å²) >= 11 is 1.39. The number of sulfonamides is 1. The molecule has 1 amide bonds. The Hall–Kier alpha value is -2.48. The zero-order valence-electron chi connectivity index (χ0n) is 16.1. The summed E-state index contributed by atoms with van der Waals surface area (Å²) in [5.74, 6) is -0.203. The zero-order valence-corrected chi connectivity index (χ0v) is 17.7. The Kier molecular flexibility index (Phi) is 5.54. The first kappa shape index (κ1) is 19.8. The van der Waals surface area contributed by atoms with Gasteiger partial charge >= 0.3 is 0 Å². The fourth-order valence-corrected chi connectivity index (χ4v) is 5.75. The molecule has 0 spiro atoms. The maximum absolute atomic E-state index is 12.8. The summed E-state index contributed by atoms with van der Waals surface area (Å²) < 4.78 is 26.8. The van der Waals surface area contributed by atoms with Crippen LogP contribution in [0.1, 0.15) is 28.1 Å². The van der Waals surface area contributed by atoms with Crippen LogP contribution in [0.2, 0.25) is 0 Å². The van der Waals surface area contributed by atoms with Crippen LogP contribution in [0.5, 0.6) is 0 Å². The van der Waals surface area contributed by atoms with Crippen molar-refractivity contribution in [2.24, 2.45) is 0 Å². The molecule has 0 bridgehead atoms. The zero-order chi connectivity index (χ0) is 20.4. The largest absolute Gasteiger partial charge is 0.321 e. The lowest BCUT2D eigenvalue weighted by atomic mass is 10.0. The Balaban J connectivity index is 1.51. The van der Waals surface area contributed by atoms with E-state index in [1.54, 1.807) is 24.3 Å². The van der Waals surface area contributed by atoms with Crippen LogP contribution in [-0.2, 0) is 10.0 Å². The summed E-state index contributed by atoms with van der Waals surface area (Å²) in [6.07, 6.45) is 1.80. The number of benzene rings is 2. The van der Waals surface area contributed by atoms with Crippen LogP contribution in [0.25, 0.3) is 11.1 Å². The third-order valence-electron chi connectivity index (χ3n) is 5.05. The number of nitrogens with one attached hydrogen (secondary N) is 1. The Morgan fingerprint density at radius 3 is 2.28 bits per heavy atom. The second kappa shape index (κ2) is 8.10. The average Bonchev–Trinajstić information content (AvgIpc) is 3.41. The smallest absolute Gasteiger partial charge is 0.266 e. The van der Waals surface area contributed by atoms with Gasteiger partial charge in [0.05, 0.1) is 9.77 Å². The van der Waals surface area contributed by atoms with Gasteiger partial charge < -0.3 is 5.32 Å². The third-order valence-corrected chi connectivity index (χ3v) is 7.88. The summed E-state index contributed by atoms with van der Waals surface area (Å²) in [7, 11) is -3.45. The van der Waals surface area contributed by atoms with Gasteiger partial charge in [-0.2, -0.15) is 4.31 Å². The molecule has 1 aromatic heterocycles. The van der Waals surface area contributed by atoms with Gasteiger partial charge in [0, 0.05) is 24.3 Å². The van der Waals surface area contributed by atoms with E-state index in [9.17, 15) is 13.2 Å². The summed E-state index contributed by atoms with van der Waals surface area (Å²) in [6.45, 7) is 3.17. The van der Waals surface area contributed by atoms with E-state index >= 15 is 0 Å². The minimum atomic E-state index is -3.45. The third kappa shape index (κ3) is 4.12. The van der Waals surface area contributed by atoms with E-state index in [1.807, 2.05) is 42.6 Å². The topological polar surface area (TPSA) is 66.5 Å². The van der Waals surface area contributed by atoms with Crippen LogP contribution in [0.4, 0.5) is 5.69 Å². The number of rotatable bonds is 5. The lowest BCUT2D eigenvalue weighted by Crippen LogP contribution is -2.27. The van der Waals surface area contributed by atoms with Crippen molar-refractivity contribution in [3.05, 3.63) is 70.4 Å². The van der Waals surface area contributed by atoms with Gasteiger partial charge in [-0.25, -0.2) is 8.42 Å². The molecule has 1 fully saturated rings. The Labute approximate surface area is 175 Å². The molecule has 150 valence electrons. The van der Waals surface area contributed by atoms with Crippen molar-refractivity contribution in [3.8, 4) is 11.1 Å². The summed E-state index contributed by atoms with van der Waals surface area (Å²) in [4.78, 5) is 13.7. The molecule has 2 aromatic carbocycles. The van der Waals surface area contributed by atoms with Crippen molar-refractivity contribution in [1.29, 1.82) is 0 Å². The lowest BCUT2D eigenvalue weighted by Gasteiger charge is -2.15. The minimum absolute atomic E-state index is 0.203. The predicted molar refractivity (Wildman–Crippen MR) is 117 cm³/mol. The van der Waals surface area contributed by atoms with Crippen LogP contribution < -0.4 is 5.32 Å². The van der Waals surface area contributed by atoms with E-state index in [2.05, 4.69) is 5.32 Å². The number of amides is 1. The summed E-state index contributed by atoms with van der Waals surface area (Å²) in [5, 5.41) is 4.78. The molecular formula is C22H22N2O3S2. The average molecular weight is 427 g/mol. The highest BCUT2D eigenvalue weighted by Gasteiger charge is 2.27. The molecule has 7 heteroatoms. The second-order valence-electron chi connectivity index (χ2n) is 7.12. The molecule has 1 aliphatic rings. The first-order valence-corrected chi connectivity index (χ1v) is 11.8. The molecule has 0 saturated carbocycles. The molecule has 1 aliphatic heterocycles. The van der Waals surface area contributed by atoms with Crippen LogP contribution in [-0.4, -0.2) is 31.7 Å². The van der Waals surface area contributed by atoms with Gasteiger partial charge in [-0.05, 0) is 61.0 Å². The fourth-order valence-electron chi connectivity index (χ4n) is 3.42.